The van der Waals surface area contributed by atoms with E-state index in [0.29, 0.717) is 5.92 Å². The Kier molecular flexibility index (Phi) is 3.01. The molecule has 2 heteroatoms. The Morgan fingerprint density at radius 1 is 1.31 bits per heavy atom. The molecular formula is C14H20N2. The van der Waals surface area contributed by atoms with Crippen molar-refractivity contribution in [3.05, 3.63) is 35.0 Å². The van der Waals surface area contributed by atoms with Crippen LogP contribution >= 0.6 is 0 Å². The van der Waals surface area contributed by atoms with Gasteiger partial charge in [-0.2, -0.15) is 0 Å². The topological polar surface area (TPSA) is 27.8 Å². The molecular weight excluding hydrogens is 196 g/mol. The summed E-state index contributed by atoms with van der Waals surface area (Å²) in [6.07, 6.45) is 0. The lowest BCUT2D eigenvalue weighted by Crippen LogP contribution is -2.07. The number of hydrogen-bond donors (Lipinski definition) is 2. The first kappa shape index (κ1) is 11.2. The van der Waals surface area contributed by atoms with E-state index >= 15 is 0 Å². The number of aromatic nitrogens is 1. The molecule has 2 nitrogen and oxygen atoms in total. The smallest absolute Gasteiger partial charge is 0.0462 e. The number of hydrogen-bond acceptors (Lipinski definition) is 1. The SMILES string of the molecule is CNCc1[nH]c2cc(C)ccc2c1C(C)C. The van der Waals surface area contributed by atoms with Crippen LogP contribution in [0.4, 0.5) is 0 Å². The van der Waals surface area contributed by atoms with Crippen LogP contribution in [0.25, 0.3) is 10.9 Å². The van der Waals surface area contributed by atoms with Crippen LogP contribution in [0, 0.1) is 6.92 Å². The fourth-order valence-electron chi connectivity index (χ4n) is 2.36. The second-order valence-corrected chi connectivity index (χ2v) is 4.75. The number of benzene rings is 1. The van der Waals surface area contributed by atoms with Crippen molar-refractivity contribution in [1.29, 1.82) is 0 Å². The average molecular weight is 216 g/mol. The highest BCUT2D eigenvalue weighted by atomic mass is 14.9. The highest BCUT2D eigenvalue weighted by Crippen LogP contribution is 2.29. The third-order valence-corrected chi connectivity index (χ3v) is 3.01. The van der Waals surface area contributed by atoms with Gasteiger partial charge in [-0.25, -0.2) is 0 Å². The first-order valence-electron chi connectivity index (χ1n) is 5.89. The summed E-state index contributed by atoms with van der Waals surface area (Å²) in [5, 5.41) is 4.59. The standard InChI is InChI=1S/C14H20N2/c1-9(2)14-11-6-5-10(3)7-12(11)16-13(14)8-15-4/h5-7,9,15-16H,8H2,1-4H3. The lowest BCUT2D eigenvalue weighted by molar-refractivity contribution is 0.765. The summed E-state index contributed by atoms with van der Waals surface area (Å²) in [6.45, 7) is 7.54. The third kappa shape index (κ3) is 1.85. The number of aromatic amines is 1. The first-order valence-corrected chi connectivity index (χ1v) is 5.89. The van der Waals surface area contributed by atoms with Crippen LogP contribution in [0.3, 0.4) is 0 Å². The minimum absolute atomic E-state index is 0.555. The number of rotatable bonds is 3. The quantitative estimate of drug-likeness (QED) is 0.809. The second-order valence-electron chi connectivity index (χ2n) is 4.75. The van der Waals surface area contributed by atoms with Gasteiger partial charge in [0, 0.05) is 23.1 Å². The van der Waals surface area contributed by atoms with Crippen LogP contribution < -0.4 is 5.32 Å². The van der Waals surface area contributed by atoms with Crippen LogP contribution in [-0.4, -0.2) is 12.0 Å². The van der Waals surface area contributed by atoms with E-state index in [-0.39, 0.29) is 0 Å². The molecule has 2 N–H and O–H groups in total. The molecule has 0 bridgehead atoms. The van der Waals surface area contributed by atoms with Crippen molar-refractivity contribution in [3.8, 4) is 0 Å². The van der Waals surface area contributed by atoms with Gasteiger partial charge in [-0.1, -0.05) is 26.0 Å². The average Bonchev–Trinajstić information content (AvgIpc) is 2.55. The van der Waals surface area contributed by atoms with Gasteiger partial charge in [0.05, 0.1) is 0 Å². The molecule has 86 valence electrons. The van der Waals surface area contributed by atoms with E-state index in [0.717, 1.165) is 6.54 Å². The molecule has 0 spiro atoms. The van der Waals surface area contributed by atoms with Crippen LogP contribution in [0.5, 0.6) is 0 Å². The van der Waals surface area contributed by atoms with E-state index in [1.165, 1.54) is 27.7 Å². The molecule has 1 heterocycles. The maximum absolute atomic E-state index is 3.52. The molecule has 0 atom stereocenters. The van der Waals surface area contributed by atoms with Crippen molar-refractivity contribution in [2.45, 2.75) is 33.2 Å². The fourth-order valence-corrected chi connectivity index (χ4v) is 2.36. The third-order valence-electron chi connectivity index (χ3n) is 3.01. The molecule has 0 unspecified atom stereocenters. The van der Waals surface area contributed by atoms with Crippen molar-refractivity contribution in [3.63, 3.8) is 0 Å². The highest BCUT2D eigenvalue weighted by molar-refractivity contribution is 5.85. The van der Waals surface area contributed by atoms with Gasteiger partial charge in [0.1, 0.15) is 0 Å². The molecule has 0 radical (unpaired) electrons. The van der Waals surface area contributed by atoms with Gasteiger partial charge in [0.2, 0.25) is 0 Å². The predicted molar refractivity (Wildman–Crippen MR) is 69.9 cm³/mol. The van der Waals surface area contributed by atoms with Crippen LogP contribution in [-0.2, 0) is 6.54 Å². The summed E-state index contributed by atoms with van der Waals surface area (Å²) < 4.78 is 0. The fraction of sp³-hybridized carbons (Fsp3) is 0.429. The molecule has 16 heavy (non-hydrogen) atoms. The molecule has 0 saturated heterocycles. The Hall–Kier alpha value is -1.28. The van der Waals surface area contributed by atoms with Gasteiger partial charge in [0.15, 0.2) is 0 Å². The van der Waals surface area contributed by atoms with E-state index in [9.17, 15) is 0 Å². The van der Waals surface area contributed by atoms with Crippen LogP contribution in [0.2, 0.25) is 0 Å². The maximum Gasteiger partial charge on any atom is 0.0462 e. The first-order chi connectivity index (χ1) is 7.63. The van der Waals surface area contributed by atoms with Gasteiger partial charge >= 0.3 is 0 Å². The number of fused-ring (bicyclic) bond motifs is 1. The molecule has 0 amide bonds. The molecule has 0 aliphatic heterocycles. The van der Waals surface area contributed by atoms with Gasteiger partial charge in [-0.15, -0.1) is 0 Å². The van der Waals surface area contributed by atoms with Crippen molar-refractivity contribution in [2.75, 3.05) is 7.05 Å². The van der Waals surface area contributed by atoms with Crippen molar-refractivity contribution in [2.24, 2.45) is 0 Å². The van der Waals surface area contributed by atoms with Crippen molar-refractivity contribution in [1.82, 2.24) is 10.3 Å². The summed E-state index contributed by atoms with van der Waals surface area (Å²) in [7, 11) is 1.99. The number of aryl methyl sites for hydroxylation is 1. The lowest BCUT2D eigenvalue weighted by Gasteiger charge is -2.07. The largest absolute Gasteiger partial charge is 0.357 e. The van der Waals surface area contributed by atoms with E-state index in [1.54, 1.807) is 0 Å². The summed E-state index contributed by atoms with van der Waals surface area (Å²) in [5.41, 5.74) is 5.33. The zero-order chi connectivity index (χ0) is 11.7. The Labute approximate surface area is 97.1 Å². The van der Waals surface area contributed by atoms with E-state index < -0.39 is 0 Å². The van der Waals surface area contributed by atoms with E-state index in [1.807, 2.05) is 7.05 Å². The number of nitrogens with one attached hydrogen (secondary N) is 2. The van der Waals surface area contributed by atoms with E-state index in [2.05, 4.69) is 49.3 Å². The lowest BCUT2D eigenvalue weighted by atomic mass is 9.99. The van der Waals surface area contributed by atoms with Crippen LogP contribution in [0.1, 0.15) is 36.6 Å². The molecule has 1 aromatic heterocycles. The summed E-state index contributed by atoms with van der Waals surface area (Å²) in [6, 6.07) is 6.64. The second kappa shape index (κ2) is 4.30. The normalized spacial score (nSPS) is 11.6. The minimum atomic E-state index is 0.555. The zero-order valence-electron chi connectivity index (χ0n) is 10.5. The summed E-state index contributed by atoms with van der Waals surface area (Å²) in [5.74, 6) is 0.555. The number of H-pyrrole nitrogens is 1. The monoisotopic (exact) mass is 216 g/mol. The van der Waals surface area contributed by atoms with Crippen molar-refractivity contribution >= 4 is 10.9 Å². The highest BCUT2D eigenvalue weighted by Gasteiger charge is 2.13. The Morgan fingerprint density at radius 2 is 2.06 bits per heavy atom. The van der Waals surface area contributed by atoms with Crippen molar-refractivity contribution < 1.29 is 0 Å². The molecule has 2 rings (SSSR count). The van der Waals surface area contributed by atoms with Gasteiger partial charge < -0.3 is 10.3 Å². The predicted octanol–water partition coefficient (Wildman–Crippen LogP) is 3.32. The summed E-state index contributed by atoms with van der Waals surface area (Å²) in [4.78, 5) is 3.52. The molecule has 1 aromatic carbocycles. The summed E-state index contributed by atoms with van der Waals surface area (Å²) >= 11 is 0. The minimum Gasteiger partial charge on any atom is -0.357 e. The Morgan fingerprint density at radius 3 is 2.69 bits per heavy atom. The maximum atomic E-state index is 3.52. The molecule has 2 aromatic rings. The van der Waals surface area contributed by atoms with E-state index in [4.69, 9.17) is 0 Å². The Balaban J connectivity index is 2.65. The molecule has 0 fully saturated rings. The van der Waals surface area contributed by atoms with Crippen LogP contribution in [0.15, 0.2) is 18.2 Å². The molecule has 0 aliphatic rings. The van der Waals surface area contributed by atoms with Gasteiger partial charge in [-0.3, -0.25) is 0 Å². The van der Waals surface area contributed by atoms with Gasteiger partial charge in [-0.05, 0) is 37.1 Å². The Bertz CT molecular complexity index is 495. The van der Waals surface area contributed by atoms with Gasteiger partial charge in [0.25, 0.3) is 0 Å². The zero-order valence-corrected chi connectivity index (χ0v) is 10.5. The molecule has 0 aliphatic carbocycles. The molecule has 0 saturated carbocycles.